The summed E-state index contributed by atoms with van der Waals surface area (Å²) in [6, 6.07) is 11.0. The molecular weight excluding hydrogens is 460 g/mol. The van der Waals surface area contributed by atoms with E-state index in [4.69, 9.17) is 23.8 Å². The van der Waals surface area contributed by atoms with Gasteiger partial charge in [-0.15, -0.1) is 0 Å². The average molecular weight is 472 g/mol. The third-order valence-electron chi connectivity index (χ3n) is 4.79. The molecule has 31 heavy (non-hydrogen) atoms. The number of carbonyl (C=O) groups is 4. The molecule has 1 atom stereocenters. The maximum atomic E-state index is 13.0. The van der Waals surface area contributed by atoms with Gasteiger partial charge in [-0.2, -0.15) is 0 Å². The van der Waals surface area contributed by atoms with Gasteiger partial charge >= 0.3 is 0 Å². The second-order valence-electron chi connectivity index (χ2n) is 6.72. The first-order chi connectivity index (χ1) is 14.8. The number of benzene rings is 2. The second-order valence-corrected chi connectivity index (χ2v) is 8.84. The van der Waals surface area contributed by atoms with Gasteiger partial charge in [0.2, 0.25) is 5.91 Å². The van der Waals surface area contributed by atoms with E-state index in [2.05, 4.69) is 0 Å². The second kappa shape index (κ2) is 8.26. The number of carboxylic acid groups (broad SMARTS) is 1. The number of nitrogens with zero attached hydrogens (tertiary/aromatic N) is 2. The van der Waals surface area contributed by atoms with E-state index in [0.717, 1.165) is 27.1 Å². The zero-order chi connectivity index (χ0) is 22.3. The van der Waals surface area contributed by atoms with Crippen LogP contribution in [0.5, 0.6) is 0 Å². The van der Waals surface area contributed by atoms with E-state index in [0.29, 0.717) is 9.93 Å². The monoisotopic (exact) mass is 471 g/mol. The summed E-state index contributed by atoms with van der Waals surface area (Å²) < 4.78 is 0.186. The number of hydrogen-bond acceptors (Lipinski definition) is 7. The van der Waals surface area contributed by atoms with E-state index in [9.17, 15) is 24.3 Å². The quantitative estimate of drug-likeness (QED) is 0.383. The van der Waals surface area contributed by atoms with Crippen molar-refractivity contribution in [1.29, 1.82) is 0 Å². The highest BCUT2D eigenvalue weighted by atomic mass is 35.5. The molecule has 2 fully saturated rings. The number of aromatic carboxylic acids is 1. The number of amides is 3. The largest absolute Gasteiger partial charge is 0.545 e. The Bertz CT molecular complexity index is 1160. The Balaban J connectivity index is 1.58. The van der Waals surface area contributed by atoms with Gasteiger partial charge in [0.15, 0.2) is 0 Å². The Hall–Kier alpha value is -3.01. The van der Waals surface area contributed by atoms with Crippen molar-refractivity contribution in [1.82, 2.24) is 4.90 Å². The topological polar surface area (TPSA) is 97.8 Å². The maximum absolute atomic E-state index is 13.0. The maximum Gasteiger partial charge on any atom is 0.266 e. The number of carbonyl (C=O) groups excluding carboxylic acids is 4. The molecule has 156 valence electrons. The summed E-state index contributed by atoms with van der Waals surface area (Å²) in [5, 5.41) is 11.5. The molecule has 0 unspecified atom stereocenters. The summed E-state index contributed by atoms with van der Waals surface area (Å²) in [4.78, 5) is 51.8. The molecule has 0 N–H and O–H groups in total. The molecule has 0 bridgehead atoms. The van der Waals surface area contributed by atoms with Crippen LogP contribution in [0, 0.1) is 0 Å². The van der Waals surface area contributed by atoms with Gasteiger partial charge in [0.25, 0.3) is 11.8 Å². The van der Waals surface area contributed by atoms with Crippen molar-refractivity contribution in [3.63, 3.8) is 0 Å². The first-order valence-electron chi connectivity index (χ1n) is 8.97. The molecule has 3 amide bonds. The van der Waals surface area contributed by atoms with Crippen molar-refractivity contribution in [2.45, 2.75) is 12.5 Å². The average Bonchev–Trinajstić information content (AvgIpc) is 3.17. The van der Waals surface area contributed by atoms with Crippen molar-refractivity contribution in [2.75, 3.05) is 4.90 Å². The minimum absolute atomic E-state index is 0.0799. The van der Waals surface area contributed by atoms with Crippen LogP contribution in [0.15, 0.2) is 53.4 Å². The number of carboxylic acids is 1. The minimum Gasteiger partial charge on any atom is -0.545 e. The highest BCUT2D eigenvalue weighted by Crippen LogP contribution is 2.37. The Morgan fingerprint density at radius 1 is 1.10 bits per heavy atom. The lowest BCUT2D eigenvalue weighted by atomic mass is 10.2. The lowest BCUT2D eigenvalue weighted by molar-refractivity contribution is -0.255. The zero-order valence-corrected chi connectivity index (χ0v) is 18.0. The summed E-state index contributed by atoms with van der Waals surface area (Å²) in [5.41, 5.74) is 0.877. The van der Waals surface area contributed by atoms with Crippen molar-refractivity contribution in [3.8, 4) is 0 Å². The first-order valence-corrected chi connectivity index (χ1v) is 10.6. The Morgan fingerprint density at radius 3 is 2.35 bits per heavy atom. The predicted octanol–water partition coefficient (Wildman–Crippen LogP) is 2.24. The van der Waals surface area contributed by atoms with E-state index < -0.39 is 29.7 Å². The molecule has 4 rings (SSSR count). The Kier molecular flexibility index (Phi) is 5.65. The van der Waals surface area contributed by atoms with Crippen molar-refractivity contribution in [2.24, 2.45) is 0 Å². The van der Waals surface area contributed by atoms with Crippen LogP contribution in [-0.2, 0) is 14.4 Å². The van der Waals surface area contributed by atoms with Crippen LogP contribution in [0.1, 0.15) is 22.3 Å². The van der Waals surface area contributed by atoms with Crippen molar-refractivity contribution < 1.29 is 24.3 Å². The number of thiocarbonyl (C=S) groups is 1. The van der Waals surface area contributed by atoms with Gasteiger partial charge in [-0.1, -0.05) is 59.8 Å². The van der Waals surface area contributed by atoms with Crippen LogP contribution in [0.2, 0.25) is 5.02 Å². The summed E-state index contributed by atoms with van der Waals surface area (Å²) in [6.07, 6.45) is 1.43. The van der Waals surface area contributed by atoms with E-state index in [1.54, 1.807) is 30.3 Å². The molecule has 10 heteroatoms. The van der Waals surface area contributed by atoms with Gasteiger partial charge in [-0.25, -0.2) is 4.90 Å². The van der Waals surface area contributed by atoms with E-state index in [1.807, 2.05) is 0 Å². The fraction of sp³-hybridized carbons (Fsp3) is 0.0952. The number of thioether (sulfide) groups is 1. The molecule has 2 heterocycles. The van der Waals surface area contributed by atoms with Gasteiger partial charge in [-0.3, -0.25) is 19.3 Å². The standard InChI is InChI=1S/C21H13ClN2O5S2/c22-13-5-1-11(2-6-13)9-16-19(27)24(21(30)31-16)15-10-17(25)23(18(15)26)14-7-3-12(4-8-14)20(28)29/h1-9,15H,10H2,(H,28,29)/p-1/b16-9-/t15-/m1/s1. The van der Waals surface area contributed by atoms with Crippen LogP contribution in [0.25, 0.3) is 6.08 Å². The molecule has 2 aromatic carbocycles. The molecule has 0 aliphatic carbocycles. The van der Waals surface area contributed by atoms with Crippen LogP contribution < -0.4 is 10.0 Å². The van der Waals surface area contributed by atoms with Gasteiger partial charge in [0.1, 0.15) is 10.4 Å². The smallest absolute Gasteiger partial charge is 0.266 e. The molecular formula is C21H12ClN2O5S2-. The predicted molar refractivity (Wildman–Crippen MR) is 118 cm³/mol. The number of imide groups is 1. The van der Waals surface area contributed by atoms with Crippen LogP contribution in [-0.4, -0.2) is 39.0 Å². The first kappa shape index (κ1) is 21.2. The minimum atomic E-state index is -1.37. The summed E-state index contributed by atoms with van der Waals surface area (Å²) in [6.45, 7) is 0. The lowest BCUT2D eigenvalue weighted by Gasteiger charge is -2.21. The molecule has 0 radical (unpaired) electrons. The van der Waals surface area contributed by atoms with E-state index in [1.165, 1.54) is 24.3 Å². The lowest BCUT2D eigenvalue weighted by Crippen LogP contribution is -2.44. The fourth-order valence-corrected chi connectivity index (χ4v) is 4.78. The Morgan fingerprint density at radius 2 is 1.74 bits per heavy atom. The third-order valence-corrected chi connectivity index (χ3v) is 6.37. The summed E-state index contributed by atoms with van der Waals surface area (Å²) in [5.74, 6) is -2.93. The van der Waals surface area contributed by atoms with Gasteiger partial charge in [0, 0.05) is 5.02 Å². The molecule has 2 saturated heterocycles. The van der Waals surface area contributed by atoms with Crippen molar-refractivity contribution in [3.05, 3.63) is 69.6 Å². The molecule has 2 aliphatic heterocycles. The highest BCUT2D eigenvalue weighted by molar-refractivity contribution is 8.26. The number of halogens is 1. The molecule has 0 aromatic heterocycles. The number of rotatable bonds is 4. The van der Waals surface area contributed by atoms with Crippen LogP contribution >= 0.6 is 35.6 Å². The normalized spacial score (nSPS) is 20.3. The zero-order valence-electron chi connectivity index (χ0n) is 15.6. The SMILES string of the molecule is O=C([O-])c1ccc(N2C(=O)C[C@@H](N3C(=O)/C(=C/c4ccc(Cl)cc4)SC3=S)C2=O)cc1. The van der Waals surface area contributed by atoms with Crippen LogP contribution in [0.3, 0.4) is 0 Å². The fourth-order valence-electron chi connectivity index (χ4n) is 3.29. The highest BCUT2D eigenvalue weighted by Gasteiger charge is 2.48. The molecule has 2 aliphatic rings. The van der Waals surface area contributed by atoms with E-state index >= 15 is 0 Å². The number of anilines is 1. The summed E-state index contributed by atoms with van der Waals surface area (Å²) in [7, 11) is 0. The molecule has 0 spiro atoms. The van der Waals surface area contributed by atoms with Crippen molar-refractivity contribution >= 4 is 75.4 Å². The Labute approximate surface area is 191 Å². The van der Waals surface area contributed by atoms with Crippen LogP contribution in [0.4, 0.5) is 5.69 Å². The van der Waals surface area contributed by atoms with Gasteiger partial charge in [0.05, 0.1) is 23.0 Å². The number of hydrogen-bond donors (Lipinski definition) is 0. The van der Waals surface area contributed by atoms with Gasteiger partial charge < -0.3 is 9.90 Å². The van der Waals surface area contributed by atoms with Gasteiger partial charge in [-0.05, 0) is 41.5 Å². The molecule has 0 saturated carbocycles. The molecule has 2 aromatic rings. The summed E-state index contributed by atoms with van der Waals surface area (Å²) >= 11 is 12.2. The molecule has 7 nitrogen and oxygen atoms in total. The third kappa shape index (κ3) is 3.99. The van der Waals surface area contributed by atoms with E-state index in [-0.39, 0.29) is 22.0 Å².